The van der Waals surface area contributed by atoms with E-state index in [1.54, 1.807) is 30.3 Å². The lowest BCUT2D eigenvalue weighted by Crippen LogP contribution is -2.36. The highest BCUT2D eigenvalue weighted by atomic mass is 16.7. The zero-order valence-electron chi connectivity index (χ0n) is 19.5. The standard InChI is InChI=1S/C26H32N2O4/c1-6-16-31-27-22(23(29)28-32-24(30)18-10-8-7-9-11-18)19-12-13-20-21(17-19)26(4,5)15-14-25(20,2)3/h7-13,17H,6,14-16H2,1-5H3,(H,28,29). The summed E-state index contributed by atoms with van der Waals surface area (Å²) in [6.07, 6.45) is 2.91. The molecule has 0 radical (unpaired) electrons. The number of carbonyl (C=O) groups excluding carboxylic acids is 2. The third-order valence-corrected chi connectivity index (χ3v) is 6.04. The summed E-state index contributed by atoms with van der Waals surface area (Å²) >= 11 is 0. The molecule has 0 spiro atoms. The van der Waals surface area contributed by atoms with Crippen molar-refractivity contribution < 1.29 is 19.3 Å². The number of carbonyl (C=O) groups is 2. The van der Waals surface area contributed by atoms with Crippen molar-refractivity contribution in [3.63, 3.8) is 0 Å². The van der Waals surface area contributed by atoms with E-state index in [0.29, 0.717) is 17.7 Å². The van der Waals surface area contributed by atoms with Crippen molar-refractivity contribution in [3.8, 4) is 0 Å². The Bertz CT molecular complexity index is 1010. The van der Waals surface area contributed by atoms with Gasteiger partial charge < -0.3 is 9.68 Å². The SMILES string of the molecule is CCCON=C(C(=O)NOC(=O)c1ccccc1)c1ccc2c(c1)C(C)(C)CCC2(C)C. The van der Waals surface area contributed by atoms with Crippen molar-refractivity contribution in [2.75, 3.05) is 6.61 Å². The summed E-state index contributed by atoms with van der Waals surface area (Å²) in [5.41, 5.74) is 5.78. The van der Waals surface area contributed by atoms with Crippen LogP contribution in [0.5, 0.6) is 0 Å². The molecule has 2 aromatic rings. The van der Waals surface area contributed by atoms with Crippen molar-refractivity contribution in [2.24, 2.45) is 5.16 Å². The molecule has 0 aromatic heterocycles. The summed E-state index contributed by atoms with van der Waals surface area (Å²) < 4.78 is 0. The molecule has 1 aliphatic rings. The second-order valence-electron chi connectivity index (χ2n) is 9.49. The van der Waals surface area contributed by atoms with Crippen LogP contribution >= 0.6 is 0 Å². The summed E-state index contributed by atoms with van der Waals surface area (Å²) in [6, 6.07) is 14.4. The van der Waals surface area contributed by atoms with Gasteiger partial charge in [0.1, 0.15) is 6.61 Å². The van der Waals surface area contributed by atoms with Crippen LogP contribution in [0, 0.1) is 0 Å². The Morgan fingerprint density at radius 3 is 2.25 bits per heavy atom. The molecule has 0 saturated heterocycles. The van der Waals surface area contributed by atoms with Crippen molar-refractivity contribution in [3.05, 3.63) is 70.8 Å². The van der Waals surface area contributed by atoms with Crippen LogP contribution in [0.15, 0.2) is 53.7 Å². The van der Waals surface area contributed by atoms with Gasteiger partial charge in [0.15, 0.2) is 5.71 Å². The van der Waals surface area contributed by atoms with Gasteiger partial charge in [0.05, 0.1) is 5.56 Å². The van der Waals surface area contributed by atoms with Gasteiger partial charge in [-0.25, -0.2) is 4.79 Å². The highest BCUT2D eigenvalue weighted by Crippen LogP contribution is 2.45. The molecular weight excluding hydrogens is 404 g/mol. The molecule has 1 N–H and O–H groups in total. The lowest BCUT2D eigenvalue weighted by Gasteiger charge is -2.42. The lowest BCUT2D eigenvalue weighted by atomic mass is 9.63. The molecule has 1 amide bonds. The van der Waals surface area contributed by atoms with E-state index in [1.807, 2.05) is 19.1 Å². The molecular formula is C26H32N2O4. The first-order valence-electron chi connectivity index (χ1n) is 11.1. The third kappa shape index (κ3) is 5.18. The topological polar surface area (TPSA) is 77.0 Å². The molecule has 3 rings (SSSR count). The molecule has 0 bridgehead atoms. The number of benzene rings is 2. The average molecular weight is 437 g/mol. The number of nitrogens with one attached hydrogen (secondary N) is 1. The van der Waals surface area contributed by atoms with Crippen LogP contribution in [0.1, 0.15) is 80.9 Å². The minimum Gasteiger partial charge on any atom is -0.395 e. The summed E-state index contributed by atoms with van der Waals surface area (Å²) in [6.45, 7) is 11.3. The molecule has 0 saturated carbocycles. The molecule has 6 heteroatoms. The minimum absolute atomic E-state index is 0.0213. The highest BCUT2D eigenvalue weighted by Gasteiger charge is 2.37. The number of hydrogen-bond acceptors (Lipinski definition) is 5. The molecule has 170 valence electrons. The number of oxime groups is 1. The predicted molar refractivity (Wildman–Crippen MR) is 125 cm³/mol. The van der Waals surface area contributed by atoms with Crippen LogP contribution in [0.25, 0.3) is 0 Å². The van der Waals surface area contributed by atoms with Crippen LogP contribution in [-0.2, 0) is 25.3 Å². The van der Waals surface area contributed by atoms with Gasteiger partial charge in [0, 0.05) is 5.56 Å². The lowest BCUT2D eigenvalue weighted by molar-refractivity contribution is -0.123. The Morgan fingerprint density at radius 1 is 0.938 bits per heavy atom. The van der Waals surface area contributed by atoms with E-state index in [0.717, 1.165) is 19.3 Å². The van der Waals surface area contributed by atoms with E-state index in [2.05, 4.69) is 44.4 Å². The van der Waals surface area contributed by atoms with Crippen molar-refractivity contribution >= 4 is 17.6 Å². The largest absolute Gasteiger partial charge is 0.395 e. The quantitative estimate of drug-likeness (QED) is 0.390. The maximum absolute atomic E-state index is 12.9. The molecule has 2 aromatic carbocycles. The van der Waals surface area contributed by atoms with E-state index in [9.17, 15) is 9.59 Å². The highest BCUT2D eigenvalue weighted by molar-refractivity contribution is 6.45. The maximum atomic E-state index is 12.9. The number of rotatable bonds is 6. The Balaban J connectivity index is 1.88. The van der Waals surface area contributed by atoms with Gasteiger partial charge in [-0.3, -0.25) is 4.79 Å². The van der Waals surface area contributed by atoms with Gasteiger partial charge in [-0.05, 0) is 59.4 Å². The molecule has 0 atom stereocenters. The molecule has 0 heterocycles. The monoisotopic (exact) mass is 436 g/mol. The summed E-state index contributed by atoms with van der Waals surface area (Å²) in [7, 11) is 0. The number of hydroxylamine groups is 1. The van der Waals surface area contributed by atoms with Crippen LogP contribution < -0.4 is 5.48 Å². The first-order chi connectivity index (χ1) is 15.2. The normalized spacial score (nSPS) is 16.6. The summed E-state index contributed by atoms with van der Waals surface area (Å²) in [5.74, 6) is -1.29. The number of amides is 1. The minimum atomic E-state index is -0.652. The van der Waals surface area contributed by atoms with Gasteiger partial charge in [-0.2, -0.15) is 5.48 Å². The Morgan fingerprint density at radius 2 is 1.59 bits per heavy atom. The van der Waals surface area contributed by atoms with Gasteiger partial charge in [0.25, 0.3) is 0 Å². The molecule has 0 fully saturated rings. The Labute approximate surface area is 189 Å². The van der Waals surface area contributed by atoms with Crippen LogP contribution in [0.3, 0.4) is 0 Å². The first-order valence-corrected chi connectivity index (χ1v) is 11.1. The molecule has 32 heavy (non-hydrogen) atoms. The smallest absolute Gasteiger partial charge is 0.362 e. The average Bonchev–Trinajstić information content (AvgIpc) is 2.78. The summed E-state index contributed by atoms with van der Waals surface area (Å²) in [4.78, 5) is 35.5. The number of hydrogen-bond donors (Lipinski definition) is 1. The fourth-order valence-electron chi connectivity index (χ4n) is 3.94. The first kappa shape index (κ1) is 23.5. The van der Waals surface area contributed by atoms with E-state index in [1.165, 1.54) is 11.1 Å². The molecule has 1 aliphatic carbocycles. The molecule has 6 nitrogen and oxygen atoms in total. The number of nitrogens with zero attached hydrogens (tertiary/aromatic N) is 1. The van der Waals surface area contributed by atoms with Crippen LogP contribution in [0.2, 0.25) is 0 Å². The van der Waals surface area contributed by atoms with Gasteiger partial charge in [-0.15, -0.1) is 0 Å². The zero-order chi connectivity index (χ0) is 23.4. The van der Waals surface area contributed by atoms with E-state index in [4.69, 9.17) is 9.68 Å². The fraction of sp³-hybridized carbons (Fsp3) is 0.423. The fourth-order valence-corrected chi connectivity index (χ4v) is 3.94. The van der Waals surface area contributed by atoms with E-state index in [-0.39, 0.29) is 16.5 Å². The van der Waals surface area contributed by atoms with E-state index >= 15 is 0 Å². The Hall–Kier alpha value is -3.15. The van der Waals surface area contributed by atoms with Crippen LogP contribution in [-0.4, -0.2) is 24.2 Å². The second kappa shape index (κ2) is 9.55. The van der Waals surface area contributed by atoms with Crippen LogP contribution in [0.4, 0.5) is 0 Å². The van der Waals surface area contributed by atoms with Gasteiger partial charge in [0.2, 0.25) is 0 Å². The molecule has 0 aliphatic heterocycles. The van der Waals surface area contributed by atoms with Crippen molar-refractivity contribution in [1.29, 1.82) is 0 Å². The predicted octanol–water partition coefficient (Wildman–Crippen LogP) is 5.05. The zero-order valence-corrected chi connectivity index (χ0v) is 19.5. The number of fused-ring (bicyclic) bond motifs is 1. The van der Waals surface area contributed by atoms with Crippen molar-refractivity contribution in [1.82, 2.24) is 5.48 Å². The second-order valence-corrected chi connectivity index (χ2v) is 9.49. The third-order valence-electron chi connectivity index (χ3n) is 6.04. The van der Waals surface area contributed by atoms with Gasteiger partial charge >= 0.3 is 11.9 Å². The van der Waals surface area contributed by atoms with Gasteiger partial charge in [-0.1, -0.05) is 70.1 Å². The Kier molecular flexibility index (Phi) is 7.02. The van der Waals surface area contributed by atoms with E-state index < -0.39 is 11.9 Å². The van der Waals surface area contributed by atoms with Crippen molar-refractivity contribution in [2.45, 2.75) is 64.7 Å². The summed E-state index contributed by atoms with van der Waals surface area (Å²) in [5, 5.41) is 4.08. The maximum Gasteiger partial charge on any atom is 0.362 e. The molecule has 0 unspecified atom stereocenters.